The summed E-state index contributed by atoms with van der Waals surface area (Å²) in [6.07, 6.45) is 0.399. The molecule has 0 fully saturated rings. The molecule has 4 nitrogen and oxygen atoms in total. The summed E-state index contributed by atoms with van der Waals surface area (Å²) in [4.78, 5) is 24.9. The largest absolute Gasteiger partial charge is 0.481 e. The topological polar surface area (TPSA) is 66.4 Å². The molecule has 2 N–H and O–H groups in total. The van der Waals surface area contributed by atoms with Crippen molar-refractivity contribution in [3.05, 3.63) is 58.3 Å². The molecule has 1 heterocycles. The minimum Gasteiger partial charge on any atom is -0.481 e. The Morgan fingerprint density at radius 1 is 1.17 bits per heavy atom. The van der Waals surface area contributed by atoms with Gasteiger partial charge >= 0.3 is 5.97 Å². The minimum absolute atomic E-state index is 0.123. The summed E-state index contributed by atoms with van der Waals surface area (Å²) in [7, 11) is 0. The van der Waals surface area contributed by atoms with Crippen LogP contribution in [0.5, 0.6) is 0 Å². The van der Waals surface area contributed by atoms with E-state index in [-0.39, 0.29) is 12.5 Å². The maximum atomic E-state index is 12.4. The van der Waals surface area contributed by atoms with Gasteiger partial charge in [0.15, 0.2) is 0 Å². The summed E-state index contributed by atoms with van der Waals surface area (Å²) in [6.45, 7) is 3.82. The van der Waals surface area contributed by atoms with Crippen LogP contribution in [0.25, 0.3) is 0 Å². The summed E-state index contributed by atoms with van der Waals surface area (Å²) in [5.74, 6) is -1.69. The quantitative estimate of drug-likeness (QED) is 0.819. The third kappa shape index (κ3) is 4.42. The van der Waals surface area contributed by atoms with Gasteiger partial charge < -0.3 is 10.4 Å². The number of thiophene rings is 1. The second-order valence-electron chi connectivity index (χ2n) is 6.04. The Morgan fingerprint density at radius 3 is 2.43 bits per heavy atom. The molecule has 1 aromatic heterocycles. The van der Waals surface area contributed by atoms with Crippen molar-refractivity contribution in [1.29, 1.82) is 0 Å². The Morgan fingerprint density at radius 2 is 1.87 bits per heavy atom. The lowest BCUT2D eigenvalue weighted by Crippen LogP contribution is -2.43. The molecular weight excluding hydrogens is 310 g/mol. The Balaban J connectivity index is 1.99. The van der Waals surface area contributed by atoms with Gasteiger partial charge in [-0.15, -0.1) is 11.3 Å². The van der Waals surface area contributed by atoms with Crippen LogP contribution in [0.15, 0.2) is 47.8 Å². The first-order valence-electron chi connectivity index (χ1n) is 7.50. The van der Waals surface area contributed by atoms with Gasteiger partial charge in [-0.3, -0.25) is 9.59 Å². The molecule has 122 valence electrons. The van der Waals surface area contributed by atoms with Gasteiger partial charge in [0.2, 0.25) is 5.91 Å². The molecule has 23 heavy (non-hydrogen) atoms. The van der Waals surface area contributed by atoms with Crippen LogP contribution < -0.4 is 5.32 Å². The average Bonchev–Trinajstić information content (AvgIpc) is 3.07. The second kappa shape index (κ2) is 7.42. The molecule has 1 amide bonds. The highest BCUT2D eigenvalue weighted by molar-refractivity contribution is 7.10. The Hall–Kier alpha value is -2.14. The molecular formula is C18H21NO3S. The standard InChI is InChI=1S/C18H21NO3S/c1-18(2,15-9-6-10-23-15)17(22)19-12-14(16(20)21)11-13-7-4-3-5-8-13/h3-10,14H,11-12H2,1-2H3,(H,19,22)(H,20,21). The third-order valence-electron chi connectivity index (χ3n) is 3.89. The molecule has 0 aliphatic heterocycles. The van der Waals surface area contributed by atoms with Crippen molar-refractivity contribution < 1.29 is 14.7 Å². The SMILES string of the molecule is CC(C)(C(=O)NCC(Cc1ccccc1)C(=O)O)c1cccs1. The monoisotopic (exact) mass is 331 g/mol. The number of rotatable bonds is 7. The van der Waals surface area contributed by atoms with Gasteiger partial charge in [0, 0.05) is 11.4 Å². The maximum absolute atomic E-state index is 12.4. The van der Waals surface area contributed by atoms with E-state index >= 15 is 0 Å². The Bertz CT molecular complexity index is 650. The van der Waals surface area contributed by atoms with Crippen LogP contribution in [-0.4, -0.2) is 23.5 Å². The molecule has 2 aromatic rings. The molecule has 0 aliphatic carbocycles. The minimum atomic E-state index is -0.900. The Labute approximate surface area is 140 Å². The highest BCUT2D eigenvalue weighted by Crippen LogP contribution is 2.27. The van der Waals surface area contributed by atoms with Crippen molar-refractivity contribution in [2.75, 3.05) is 6.54 Å². The van der Waals surface area contributed by atoms with E-state index in [4.69, 9.17) is 0 Å². The zero-order valence-electron chi connectivity index (χ0n) is 13.3. The lowest BCUT2D eigenvalue weighted by molar-refractivity contribution is -0.141. The van der Waals surface area contributed by atoms with E-state index in [2.05, 4.69) is 5.32 Å². The predicted octanol–water partition coefficient (Wildman–Crippen LogP) is 3.09. The molecule has 0 saturated heterocycles. The van der Waals surface area contributed by atoms with Crippen LogP contribution in [0.4, 0.5) is 0 Å². The third-order valence-corrected chi connectivity index (χ3v) is 5.08. The maximum Gasteiger partial charge on any atom is 0.308 e. The van der Waals surface area contributed by atoms with E-state index < -0.39 is 17.3 Å². The number of hydrogen-bond donors (Lipinski definition) is 2. The number of carbonyl (C=O) groups excluding carboxylic acids is 1. The molecule has 0 aliphatic rings. The number of benzene rings is 1. The van der Waals surface area contributed by atoms with Crippen molar-refractivity contribution in [1.82, 2.24) is 5.32 Å². The molecule has 0 bridgehead atoms. The number of carboxylic acid groups (broad SMARTS) is 1. The molecule has 1 aromatic carbocycles. The number of hydrogen-bond acceptors (Lipinski definition) is 3. The van der Waals surface area contributed by atoms with Gasteiger partial charge in [0.1, 0.15) is 0 Å². The fourth-order valence-electron chi connectivity index (χ4n) is 2.33. The zero-order valence-corrected chi connectivity index (χ0v) is 14.1. The second-order valence-corrected chi connectivity index (χ2v) is 6.98. The first kappa shape index (κ1) is 17.2. The zero-order chi connectivity index (χ0) is 16.9. The highest BCUT2D eigenvalue weighted by atomic mass is 32.1. The van der Waals surface area contributed by atoms with Crippen molar-refractivity contribution in [3.8, 4) is 0 Å². The fraction of sp³-hybridized carbons (Fsp3) is 0.333. The molecule has 2 rings (SSSR count). The number of aliphatic carboxylic acids is 1. The summed E-state index contributed by atoms with van der Waals surface area (Å²) in [5.41, 5.74) is 0.288. The average molecular weight is 331 g/mol. The van der Waals surface area contributed by atoms with Crippen molar-refractivity contribution in [2.24, 2.45) is 5.92 Å². The molecule has 0 radical (unpaired) electrons. The normalized spacial score (nSPS) is 12.6. The number of nitrogens with one attached hydrogen (secondary N) is 1. The van der Waals surface area contributed by atoms with Crippen LogP contribution in [0.2, 0.25) is 0 Å². The molecule has 1 unspecified atom stereocenters. The van der Waals surface area contributed by atoms with Crippen LogP contribution in [0.3, 0.4) is 0 Å². The Kier molecular flexibility index (Phi) is 5.55. The molecule has 0 saturated carbocycles. The van der Waals surface area contributed by atoms with E-state index in [1.165, 1.54) is 11.3 Å². The van der Waals surface area contributed by atoms with Gasteiger partial charge in [-0.1, -0.05) is 36.4 Å². The lowest BCUT2D eigenvalue weighted by Gasteiger charge is -2.23. The summed E-state index contributed by atoms with van der Waals surface area (Å²) in [5, 5.41) is 14.1. The predicted molar refractivity (Wildman–Crippen MR) is 91.6 cm³/mol. The van der Waals surface area contributed by atoms with Crippen LogP contribution in [-0.2, 0) is 21.4 Å². The van der Waals surface area contributed by atoms with Crippen LogP contribution in [0, 0.1) is 5.92 Å². The first-order valence-corrected chi connectivity index (χ1v) is 8.38. The fourth-order valence-corrected chi connectivity index (χ4v) is 3.18. The number of carbonyl (C=O) groups is 2. The van der Waals surface area contributed by atoms with Gasteiger partial charge in [0.25, 0.3) is 0 Å². The van der Waals surface area contributed by atoms with Gasteiger partial charge in [-0.2, -0.15) is 0 Å². The lowest BCUT2D eigenvalue weighted by atomic mass is 9.90. The van der Waals surface area contributed by atoms with E-state index in [1.54, 1.807) is 0 Å². The summed E-state index contributed by atoms with van der Waals surface area (Å²) in [6, 6.07) is 13.3. The first-order chi connectivity index (χ1) is 10.9. The number of carboxylic acids is 1. The molecule has 1 atom stereocenters. The number of amides is 1. The van der Waals surface area contributed by atoms with Gasteiger partial charge in [0.05, 0.1) is 11.3 Å². The van der Waals surface area contributed by atoms with Crippen LogP contribution >= 0.6 is 11.3 Å². The van der Waals surface area contributed by atoms with E-state index in [9.17, 15) is 14.7 Å². The summed E-state index contributed by atoms with van der Waals surface area (Å²) < 4.78 is 0. The smallest absolute Gasteiger partial charge is 0.308 e. The molecule has 5 heteroatoms. The summed E-state index contributed by atoms with van der Waals surface area (Å²) >= 11 is 1.52. The van der Waals surface area contributed by atoms with E-state index in [1.807, 2.05) is 61.7 Å². The van der Waals surface area contributed by atoms with Crippen molar-refractivity contribution in [3.63, 3.8) is 0 Å². The van der Waals surface area contributed by atoms with Gasteiger partial charge in [-0.05, 0) is 37.3 Å². The van der Waals surface area contributed by atoms with Crippen LogP contribution in [0.1, 0.15) is 24.3 Å². The highest BCUT2D eigenvalue weighted by Gasteiger charge is 2.31. The van der Waals surface area contributed by atoms with Gasteiger partial charge in [-0.25, -0.2) is 0 Å². The van der Waals surface area contributed by atoms with Crippen molar-refractivity contribution in [2.45, 2.75) is 25.7 Å². The van der Waals surface area contributed by atoms with Crippen molar-refractivity contribution >= 4 is 23.2 Å². The van der Waals surface area contributed by atoms with E-state index in [0.717, 1.165) is 10.4 Å². The molecule has 0 spiro atoms. The van der Waals surface area contributed by atoms with E-state index in [0.29, 0.717) is 6.42 Å².